The Kier molecular flexibility index (Phi) is 9.68. The number of hydrogen-bond donors (Lipinski definition) is 0. The summed E-state index contributed by atoms with van der Waals surface area (Å²) in [6.45, 7) is 28.5. The minimum atomic E-state index is -2.03. The lowest BCUT2D eigenvalue weighted by Crippen LogP contribution is -2.66. The molecule has 0 aromatic heterocycles. The summed E-state index contributed by atoms with van der Waals surface area (Å²) in [5.41, 5.74) is 2.48. The summed E-state index contributed by atoms with van der Waals surface area (Å²) in [6.07, 6.45) is 11.1. The van der Waals surface area contributed by atoms with Crippen molar-refractivity contribution >= 4 is 36.4 Å². The van der Waals surface area contributed by atoms with Crippen molar-refractivity contribution in [3.8, 4) is 0 Å². The Morgan fingerprint density at radius 3 is 2.19 bits per heavy atom. The number of hydrogen-bond acceptors (Lipinski definition) is 7. The van der Waals surface area contributed by atoms with E-state index in [1.807, 2.05) is 0 Å². The first-order valence-corrected chi connectivity index (χ1v) is 26.6. The van der Waals surface area contributed by atoms with Crippen LogP contribution in [0.5, 0.6) is 0 Å². The molecule has 4 aliphatic rings. The molecule has 3 fully saturated rings. The van der Waals surface area contributed by atoms with Gasteiger partial charge in [-0.2, -0.15) is 0 Å². The van der Waals surface area contributed by atoms with Gasteiger partial charge < -0.3 is 23.0 Å². The average Bonchev–Trinajstić information content (AvgIpc) is 3.12. The molecule has 0 aromatic carbocycles. The van der Waals surface area contributed by atoms with Crippen molar-refractivity contribution < 1.29 is 23.0 Å². The summed E-state index contributed by atoms with van der Waals surface area (Å²) >= 11 is 0. The van der Waals surface area contributed by atoms with Crippen LogP contribution in [0.4, 0.5) is 0 Å². The van der Waals surface area contributed by atoms with E-state index in [9.17, 15) is 0 Å². The minimum Gasteiger partial charge on any atom is -0.414 e. The van der Waals surface area contributed by atoms with Crippen molar-refractivity contribution in [2.45, 2.75) is 117 Å². The highest BCUT2D eigenvalue weighted by Gasteiger charge is 2.70. The van der Waals surface area contributed by atoms with Gasteiger partial charge in [0.2, 0.25) is 0 Å². The van der Waals surface area contributed by atoms with Crippen molar-refractivity contribution in [2.24, 2.45) is 44.8 Å². The van der Waals surface area contributed by atoms with E-state index >= 15 is 0 Å². The van der Waals surface area contributed by atoms with Crippen LogP contribution in [-0.2, 0) is 23.0 Å². The summed E-state index contributed by atoms with van der Waals surface area (Å²) in [5, 5.41) is 9.05. The SMILES string of the molecule is CO/N=C1\C=CC2(C)C(=C1)[C@@H](C)CC1C2C(O[Si](C)(C)C)CC2(C)C1CC[C@]2(O[Si](C)(C)C)/C(CO[Si](C)(C)C)=N/OC. The molecule has 0 bridgehead atoms. The first kappa shape index (κ1) is 34.8. The van der Waals surface area contributed by atoms with E-state index in [0.717, 1.165) is 37.1 Å². The lowest BCUT2D eigenvalue weighted by atomic mass is 9.44. The lowest BCUT2D eigenvalue weighted by molar-refractivity contribution is -0.138. The van der Waals surface area contributed by atoms with Gasteiger partial charge in [-0.3, -0.25) is 0 Å². The van der Waals surface area contributed by atoms with Gasteiger partial charge in [-0.25, -0.2) is 0 Å². The fourth-order valence-electron chi connectivity index (χ4n) is 9.27. The molecule has 43 heavy (non-hydrogen) atoms. The smallest absolute Gasteiger partial charge is 0.185 e. The van der Waals surface area contributed by atoms with Gasteiger partial charge in [0, 0.05) is 16.9 Å². The molecular formula is C33H60N2O5Si3. The van der Waals surface area contributed by atoms with Gasteiger partial charge in [-0.1, -0.05) is 42.7 Å². The van der Waals surface area contributed by atoms with Gasteiger partial charge >= 0.3 is 0 Å². The van der Waals surface area contributed by atoms with E-state index < -0.39 is 30.6 Å². The molecule has 10 heteroatoms. The van der Waals surface area contributed by atoms with Gasteiger partial charge in [-0.15, -0.1) is 0 Å². The van der Waals surface area contributed by atoms with Crippen LogP contribution in [-0.4, -0.2) is 68.9 Å². The highest BCUT2D eigenvalue weighted by Crippen LogP contribution is 2.69. The van der Waals surface area contributed by atoms with Crippen molar-refractivity contribution in [3.05, 3.63) is 23.8 Å². The average molecular weight is 649 g/mol. The largest absolute Gasteiger partial charge is 0.414 e. The molecule has 4 aliphatic carbocycles. The molecule has 0 N–H and O–H groups in total. The van der Waals surface area contributed by atoms with Gasteiger partial charge in [0.15, 0.2) is 25.0 Å². The highest BCUT2D eigenvalue weighted by molar-refractivity contribution is 6.70. The van der Waals surface area contributed by atoms with E-state index in [0.29, 0.717) is 30.3 Å². The normalized spacial score (nSPS) is 39.2. The second-order valence-corrected chi connectivity index (χ2v) is 30.3. The molecule has 0 aromatic rings. The summed E-state index contributed by atoms with van der Waals surface area (Å²) in [7, 11) is -2.46. The molecule has 0 saturated heterocycles. The fourth-order valence-corrected chi connectivity index (χ4v) is 12.5. The van der Waals surface area contributed by atoms with Crippen molar-refractivity contribution in [3.63, 3.8) is 0 Å². The minimum absolute atomic E-state index is 0.101. The molecule has 244 valence electrons. The molecule has 4 rings (SSSR count). The fraction of sp³-hybridized carbons (Fsp3) is 0.818. The molecule has 0 aliphatic heterocycles. The summed E-state index contributed by atoms with van der Waals surface area (Å²) in [4.78, 5) is 10.8. The first-order valence-electron chi connectivity index (χ1n) is 16.3. The van der Waals surface area contributed by atoms with Gasteiger partial charge in [0.05, 0.1) is 6.61 Å². The molecular weight excluding hydrogens is 589 g/mol. The number of rotatable bonds is 10. The van der Waals surface area contributed by atoms with Crippen molar-refractivity contribution in [1.29, 1.82) is 0 Å². The Bertz CT molecular complexity index is 1170. The van der Waals surface area contributed by atoms with Gasteiger partial charge in [0.1, 0.15) is 31.2 Å². The summed E-state index contributed by atoms with van der Waals surface area (Å²) in [6, 6.07) is 0. The quantitative estimate of drug-likeness (QED) is 0.136. The maximum absolute atomic E-state index is 7.46. The predicted octanol–water partition coefficient (Wildman–Crippen LogP) is 8.25. The number of nitrogens with zero attached hydrogens (tertiary/aromatic N) is 2. The summed E-state index contributed by atoms with van der Waals surface area (Å²) in [5.74, 6) is 1.79. The Morgan fingerprint density at radius 2 is 1.63 bits per heavy atom. The molecule has 0 heterocycles. The van der Waals surface area contributed by atoms with E-state index in [2.05, 4.69) is 103 Å². The predicted molar refractivity (Wildman–Crippen MR) is 185 cm³/mol. The Balaban J connectivity index is 1.89. The third-order valence-corrected chi connectivity index (χ3v) is 13.4. The van der Waals surface area contributed by atoms with E-state index in [4.69, 9.17) is 28.1 Å². The zero-order chi connectivity index (χ0) is 32.2. The number of allylic oxidation sites excluding steroid dienone is 4. The second kappa shape index (κ2) is 12.0. The van der Waals surface area contributed by atoms with E-state index in [-0.39, 0.29) is 16.9 Å². The zero-order valence-corrected chi connectivity index (χ0v) is 32.6. The standard InChI is InChI=1S/C33H60N2O5Si3/c1-23-19-25-26-16-18-33(40-43(12,13)14,29(35-37-5)22-38-41(6,7)8)32(26,3)21-28(39-42(9,10)11)30(25)31(2)17-15-24(34-36-4)20-27(23)31/h15,17,20,23,25-26,28,30H,16,18-19,21-22H2,1-14H3/b34-24+,35-29+/t23-,25?,26?,28?,30?,31?,32?,33-/m0/s1. The van der Waals surface area contributed by atoms with Gasteiger partial charge in [0.25, 0.3) is 0 Å². The van der Waals surface area contributed by atoms with Crippen LogP contribution in [0.1, 0.15) is 46.5 Å². The molecule has 3 saturated carbocycles. The molecule has 6 unspecified atom stereocenters. The third-order valence-electron chi connectivity index (χ3n) is 10.4. The second-order valence-electron chi connectivity index (χ2n) is 16.9. The van der Waals surface area contributed by atoms with Crippen LogP contribution in [0.3, 0.4) is 0 Å². The number of oxime groups is 2. The molecule has 0 amide bonds. The Morgan fingerprint density at radius 1 is 0.953 bits per heavy atom. The van der Waals surface area contributed by atoms with Crippen LogP contribution in [0, 0.1) is 34.5 Å². The lowest BCUT2D eigenvalue weighted by Gasteiger charge is -2.63. The molecule has 0 radical (unpaired) electrons. The molecule has 8 atom stereocenters. The summed E-state index contributed by atoms with van der Waals surface area (Å²) < 4.78 is 21.3. The maximum Gasteiger partial charge on any atom is 0.185 e. The molecule has 7 nitrogen and oxygen atoms in total. The van der Waals surface area contributed by atoms with Crippen molar-refractivity contribution in [2.75, 3.05) is 20.8 Å². The van der Waals surface area contributed by atoms with Crippen LogP contribution in [0.2, 0.25) is 58.9 Å². The Hall–Kier alpha value is -1.05. The van der Waals surface area contributed by atoms with Crippen LogP contribution >= 0.6 is 0 Å². The zero-order valence-electron chi connectivity index (χ0n) is 29.6. The van der Waals surface area contributed by atoms with Gasteiger partial charge in [-0.05, 0) is 120 Å². The number of fused-ring (bicyclic) bond motifs is 5. The monoisotopic (exact) mass is 648 g/mol. The van der Waals surface area contributed by atoms with Crippen LogP contribution < -0.4 is 0 Å². The Labute approximate surface area is 265 Å². The van der Waals surface area contributed by atoms with E-state index in [1.54, 1.807) is 14.2 Å². The highest BCUT2D eigenvalue weighted by atomic mass is 28.4. The van der Waals surface area contributed by atoms with Crippen LogP contribution in [0.15, 0.2) is 34.1 Å². The first-order chi connectivity index (χ1) is 19.7. The molecule has 0 spiro atoms. The maximum atomic E-state index is 7.46. The van der Waals surface area contributed by atoms with E-state index in [1.165, 1.54) is 5.57 Å². The van der Waals surface area contributed by atoms with Crippen molar-refractivity contribution in [1.82, 2.24) is 0 Å². The third kappa shape index (κ3) is 6.75. The topological polar surface area (TPSA) is 70.9 Å². The van der Waals surface area contributed by atoms with Crippen LogP contribution in [0.25, 0.3) is 0 Å².